The van der Waals surface area contributed by atoms with E-state index in [0.717, 1.165) is 22.3 Å². The standard InChI is InChI=1S/C26H21N3O5S2/c1-33-21-10-6-5-9-20(21)27-23(30)16-34-19-13-11-17(12-14-19)15-22-25(32)29(26(35)36-22)28-24(31)18-7-3-2-4-8-18/h2-15H,16H2,1H3,(H,27,30)(H,28,31)/b22-15+. The first-order valence-corrected chi connectivity index (χ1v) is 12.0. The van der Waals surface area contributed by atoms with Crippen LogP contribution in [0.2, 0.25) is 0 Å². The Balaban J connectivity index is 1.33. The average molecular weight is 520 g/mol. The number of nitrogens with one attached hydrogen (secondary N) is 2. The van der Waals surface area contributed by atoms with E-state index in [9.17, 15) is 14.4 Å². The number of thioether (sulfide) groups is 1. The molecule has 2 N–H and O–H groups in total. The molecule has 1 heterocycles. The fraction of sp³-hybridized carbons (Fsp3) is 0.0769. The number of rotatable bonds is 8. The molecular weight excluding hydrogens is 498 g/mol. The molecule has 3 aromatic rings. The molecule has 0 saturated carbocycles. The molecule has 8 nitrogen and oxygen atoms in total. The lowest BCUT2D eigenvalue weighted by atomic mass is 10.2. The van der Waals surface area contributed by atoms with E-state index in [1.807, 2.05) is 6.07 Å². The number of anilines is 1. The van der Waals surface area contributed by atoms with Crippen LogP contribution in [-0.4, -0.2) is 40.8 Å². The van der Waals surface area contributed by atoms with Crippen molar-refractivity contribution < 1.29 is 23.9 Å². The number of hydrogen-bond donors (Lipinski definition) is 2. The van der Waals surface area contributed by atoms with Gasteiger partial charge >= 0.3 is 0 Å². The van der Waals surface area contributed by atoms with Gasteiger partial charge in [0.2, 0.25) is 0 Å². The third kappa shape index (κ3) is 6.09. The first-order valence-electron chi connectivity index (χ1n) is 10.7. The molecule has 0 bridgehead atoms. The number of hydrazine groups is 1. The van der Waals surface area contributed by atoms with Crippen molar-refractivity contribution >= 4 is 57.8 Å². The minimum atomic E-state index is -0.426. The van der Waals surface area contributed by atoms with E-state index in [1.165, 1.54) is 7.11 Å². The predicted octanol–water partition coefficient (Wildman–Crippen LogP) is 4.26. The maximum atomic E-state index is 12.8. The first-order chi connectivity index (χ1) is 17.4. The molecule has 1 fully saturated rings. The van der Waals surface area contributed by atoms with Crippen molar-refractivity contribution in [2.24, 2.45) is 0 Å². The number of carbonyl (C=O) groups excluding carboxylic acids is 3. The number of methoxy groups -OCH3 is 1. The van der Waals surface area contributed by atoms with Crippen LogP contribution in [0.4, 0.5) is 5.69 Å². The Bertz CT molecular complexity index is 1330. The van der Waals surface area contributed by atoms with Gasteiger partial charge in [-0.2, -0.15) is 5.01 Å². The van der Waals surface area contributed by atoms with Gasteiger partial charge in [0.1, 0.15) is 11.5 Å². The number of ether oxygens (including phenoxy) is 2. The molecular formula is C26H21N3O5S2. The van der Waals surface area contributed by atoms with Crippen LogP contribution < -0.4 is 20.2 Å². The Hall–Kier alpha value is -4.15. The molecule has 0 atom stereocenters. The monoisotopic (exact) mass is 519 g/mol. The zero-order chi connectivity index (χ0) is 25.5. The summed E-state index contributed by atoms with van der Waals surface area (Å²) in [5.74, 6) is -0.123. The largest absolute Gasteiger partial charge is 0.495 e. The third-order valence-corrected chi connectivity index (χ3v) is 6.27. The fourth-order valence-electron chi connectivity index (χ4n) is 3.21. The number of carbonyl (C=O) groups is 3. The fourth-order valence-corrected chi connectivity index (χ4v) is 4.39. The zero-order valence-electron chi connectivity index (χ0n) is 19.1. The van der Waals surface area contributed by atoms with E-state index in [4.69, 9.17) is 21.7 Å². The summed E-state index contributed by atoms with van der Waals surface area (Å²) in [5.41, 5.74) is 4.26. The van der Waals surface area contributed by atoms with Crippen LogP contribution >= 0.6 is 24.0 Å². The first kappa shape index (κ1) is 25.0. The van der Waals surface area contributed by atoms with Crippen molar-refractivity contribution in [1.29, 1.82) is 0 Å². The Labute approximate surface area is 217 Å². The highest BCUT2D eigenvalue weighted by Gasteiger charge is 2.33. The Morgan fingerprint density at radius 2 is 1.69 bits per heavy atom. The predicted molar refractivity (Wildman–Crippen MR) is 142 cm³/mol. The molecule has 1 aliphatic heterocycles. The van der Waals surface area contributed by atoms with Crippen molar-refractivity contribution in [2.75, 3.05) is 19.0 Å². The Kier molecular flexibility index (Phi) is 7.99. The molecule has 0 aliphatic carbocycles. The van der Waals surface area contributed by atoms with E-state index >= 15 is 0 Å². The number of benzene rings is 3. The average Bonchev–Trinajstić information content (AvgIpc) is 3.16. The summed E-state index contributed by atoms with van der Waals surface area (Å²) in [4.78, 5) is 37.8. The van der Waals surface area contributed by atoms with Crippen molar-refractivity contribution in [3.8, 4) is 11.5 Å². The molecule has 4 rings (SSSR count). The minimum Gasteiger partial charge on any atom is -0.495 e. The van der Waals surface area contributed by atoms with E-state index in [-0.39, 0.29) is 16.8 Å². The molecule has 182 valence electrons. The van der Waals surface area contributed by atoms with Crippen LogP contribution in [0.1, 0.15) is 15.9 Å². The summed E-state index contributed by atoms with van der Waals surface area (Å²) < 4.78 is 11.0. The molecule has 1 aliphatic rings. The van der Waals surface area contributed by atoms with E-state index in [0.29, 0.717) is 27.7 Å². The molecule has 0 spiro atoms. The van der Waals surface area contributed by atoms with Crippen LogP contribution in [0.3, 0.4) is 0 Å². The SMILES string of the molecule is COc1ccccc1NC(=O)COc1ccc(/C=C2/SC(=S)N(NC(=O)c3ccccc3)C2=O)cc1. The summed E-state index contributed by atoms with van der Waals surface area (Å²) in [6.07, 6.45) is 1.67. The lowest BCUT2D eigenvalue weighted by molar-refractivity contribution is -0.123. The van der Waals surface area contributed by atoms with Gasteiger partial charge in [0, 0.05) is 5.56 Å². The molecule has 3 aromatic carbocycles. The Morgan fingerprint density at radius 3 is 2.42 bits per heavy atom. The summed E-state index contributed by atoms with van der Waals surface area (Å²) in [7, 11) is 1.53. The molecule has 0 aromatic heterocycles. The maximum Gasteiger partial charge on any atom is 0.285 e. The van der Waals surface area contributed by atoms with E-state index in [2.05, 4.69) is 10.7 Å². The molecule has 0 unspecified atom stereocenters. The van der Waals surface area contributed by atoms with Crippen LogP contribution in [-0.2, 0) is 9.59 Å². The van der Waals surface area contributed by atoms with Crippen molar-refractivity contribution in [3.05, 3.63) is 94.9 Å². The van der Waals surface area contributed by atoms with Crippen LogP contribution in [0, 0.1) is 0 Å². The quantitative estimate of drug-likeness (QED) is 0.339. The molecule has 1 saturated heterocycles. The van der Waals surface area contributed by atoms with Gasteiger partial charge in [0.15, 0.2) is 10.9 Å². The van der Waals surface area contributed by atoms with Gasteiger partial charge in [-0.15, -0.1) is 0 Å². The number of hydrogen-bond acceptors (Lipinski definition) is 7. The molecule has 36 heavy (non-hydrogen) atoms. The summed E-state index contributed by atoms with van der Waals surface area (Å²) >= 11 is 6.36. The Morgan fingerprint density at radius 1 is 1.00 bits per heavy atom. The topological polar surface area (TPSA) is 97.0 Å². The van der Waals surface area contributed by atoms with Gasteiger partial charge in [0.25, 0.3) is 17.7 Å². The van der Waals surface area contributed by atoms with Crippen molar-refractivity contribution in [3.63, 3.8) is 0 Å². The van der Waals surface area contributed by atoms with E-state index in [1.54, 1.807) is 78.9 Å². The third-order valence-electron chi connectivity index (χ3n) is 4.97. The second kappa shape index (κ2) is 11.5. The van der Waals surface area contributed by atoms with Crippen molar-refractivity contribution in [2.45, 2.75) is 0 Å². The van der Waals surface area contributed by atoms with Crippen LogP contribution in [0.25, 0.3) is 6.08 Å². The number of amides is 3. The van der Waals surface area contributed by atoms with Gasteiger partial charge in [-0.1, -0.05) is 54.2 Å². The van der Waals surface area contributed by atoms with E-state index < -0.39 is 11.8 Å². The van der Waals surface area contributed by atoms with Gasteiger partial charge in [-0.3, -0.25) is 19.8 Å². The van der Waals surface area contributed by atoms with Gasteiger partial charge in [-0.05, 0) is 60.3 Å². The summed E-state index contributed by atoms with van der Waals surface area (Å²) in [6.45, 7) is -0.183. The van der Waals surface area contributed by atoms with Crippen LogP contribution in [0.15, 0.2) is 83.8 Å². The second-order valence-electron chi connectivity index (χ2n) is 7.43. The minimum absolute atomic E-state index is 0.183. The smallest absolute Gasteiger partial charge is 0.285 e. The number of thiocarbonyl (C=S) groups is 1. The lowest BCUT2D eigenvalue weighted by Gasteiger charge is -2.15. The molecule has 3 amide bonds. The summed E-state index contributed by atoms with van der Waals surface area (Å²) in [5, 5.41) is 3.81. The maximum absolute atomic E-state index is 12.8. The molecule has 0 radical (unpaired) electrons. The van der Waals surface area contributed by atoms with Gasteiger partial charge < -0.3 is 14.8 Å². The highest BCUT2D eigenvalue weighted by molar-refractivity contribution is 8.26. The molecule has 10 heteroatoms. The van der Waals surface area contributed by atoms with Gasteiger partial charge in [0.05, 0.1) is 17.7 Å². The highest BCUT2D eigenvalue weighted by Crippen LogP contribution is 2.31. The second-order valence-corrected chi connectivity index (χ2v) is 9.11. The van der Waals surface area contributed by atoms with Crippen LogP contribution in [0.5, 0.6) is 11.5 Å². The lowest BCUT2D eigenvalue weighted by Crippen LogP contribution is -2.44. The number of nitrogens with zero attached hydrogens (tertiary/aromatic N) is 1. The number of para-hydroxylation sites is 2. The zero-order valence-corrected chi connectivity index (χ0v) is 20.7. The normalized spacial score (nSPS) is 14.0. The highest BCUT2D eigenvalue weighted by atomic mass is 32.2. The summed E-state index contributed by atoms with van der Waals surface area (Å²) in [6, 6.07) is 22.6. The van der Waals surface area contributed by atoms with Crippen molar-refractivity contribution in [1.82, 2.24) is 10.4 Å². The van der Waals surface area contributed by atoms with Gasteiger partial charge in [-0.25, -0.2) is 0 Å².